The van der Waals surface area contributed by atoms with Crippen LogP contribution in [0.25, 0.3) is 0 Å². The molecule has 4 rings (SSSR count). The molecular weight excluding hydrogens is 280 g/mol. The van der Waals surface area contributed by atoms with Crippen LogP contribution in [0.2, 0.25) is 0 Å². The van der Waals surface area contributed by atoms with E-state index in [0.29, 0.717) is 18.5 Å². The summed E-state index contributed by atoms with van der Waals surface area (Å²) in [6.45, 7) is 2.59. The third-order valence-electron chi connectivity index (χ3n) is 4.30. The minimum atomic E-state index is 0.450. The Balaban J connectivity index is 1.30. The van der Waals surface area contributed by atoms with E-state index in [1.807, 2.05) is 12.1 Å². The monoisotopic (exact) mass is 300 g/mol. The third-order valence-corrected chi connectivity index (χ3v) is 4.30. The van der Waals surface area contributed by atoms with Gasteiger partial charge in [0.15, 0.2) is 11.6 Å². The smallest absolute Gasteiger partial charge is 0.229 e. The van der Waals surface area contributed by atoms with E-state index in [1.54, 1.807) is 6.20 Å². The highest BCUT2D eigenvalue weighted by molar-refractivity contribution is 5.39. The van der Waals surface area contributed by atoms with Gasteiger partial charge < -0.3 is 14.7 Å². The maximum Gasteiger partial charge on any atom is 0.229 e. The number of hydrogen-bond acceptors (Lipinski definition) is 7. The van der Waals surface area contributed by atoms with E-state index in [2.05, 4.69) is 30.6 Å². The van der Waals surface area contributed by atoms with Crippen molar-refractivity contribution in [3.63, 3.8) is 0 Å². The van der Waals surface area contributed by atoms with E-state index >= 15 is 0 Å². The summed E-state index contributed by atoms with van der Waals surface area (Å²) in [4.78, 5) is 6.76. The molecule has 3 heterocycles. The molecule has 1 saturated carbocycles. The quantitative estimate of drug-likeness (QED) is 0.865. The lowest BCUT2D eigenvalue weighted by molar-refractivity contribution is 0.372. The molecule has 0 bridgehead atoms. The zero-order valence-electron chi connectivity index (χ0n) is 12.5. The van der Waals surface area contributed by atoms with Gasteiger partial charge in [-0.2, -0.15) is 10.1 Å². The standard InChI is InChI=1S/C15H20N6O/c1-4-14(19-17-7-1)21-8-2-3-12(21)9-16-10-13-18-15(22-20-13)11-5-6-11/h1,4,7,11-12,16H,2-3,5-6,8-10H2/t12-/m1/s1. The van der Waals surface area contributed by atoms with Crippen LogP contribution in [0, 0.1) is 0 Å². The average molecular weight is 300 g/mol. The first-order valence-corrected chi connectivity index (χ1v) is 7.98. The van der Waals surface area contributed by atoms with Crippen LogP contribution in [0.5, 0.6) is 0 Å². The number of rotatable bonds is 6. The molecule has 7 heteroatoms. The fourth-order valence-electron chi connectivity index (χ4n) is 2.98. The van der Waals surface area contributed by atoms with Crippen molar-refractivity contribution in [1.82, 2.24) is 25.7 Å². The van der Waals surface area contributed by atoms with Crippen molar-refractivity contribution in [3.05, 3.63) is 30.0 Å². The Morgan fingerprint density at radius 1 is 1.32 bits per heavy atom. The molecular formula is C15H20N6O. The number of hydrogen-bond donors (Lipinski definition) is 1. The maximum atomic E-state index is 5.27. The predicted octanol–water partition coefficient (Wildman–Crippen LogP) is 1.50. The minimum Gasteiger partial charge on any atom is -0.351 e. The van der Waals surface area contributed by atoms with Crippen molar-refractivity contribution >= 4 is 5.82 Å². The second kappa shape index (κ2) is 6.00. The van der Waals surface area contributed by atoms with Crippen LogP contribution in [0.1, 0.15) is 43.3 Å². The second-order valence-corrected chi connectivity index (χ2v) is 6.03. The summed E-state index contributed by atoms with van der Waals surface area (Å²) in [5, 5.41) is 15.7. The molecule has 2 fully saturated rings. The van der Waals surface area contributed by atoms with E-state index in [9.17, 15) is 0 Å². The zero-order chi connectivity index (χ0) is 14.8. The molecule has 1 aliphatic carbocycles. The molecule has 2 aliphatic rings. The van der Waals surface area contributed by atoms with Crippen molar-refractivity contribution in [2.45, 2.75) is 44.2 Å². The van der Waals surface area contributed by atoms with E-state index in [1.165, 1.54) is 25.7 Å². The molecule has 0 unspecified atom stereocenters. The van der Waals surface area contributed by atoms with Gasteiger partial charge >= 0.3 is 0 Å². The maximum absolute atomic E-state index is 5.27. The molecule has 7 nitrogen and oxygen atoms in total. The molecule has 0 spiro atoms. The number of anilines is 1. The largest absolute Gasteiger partial charge is 0.351 e. The van der Waals surface area contributed by atoms with Crippen molar-refractivity contribution in [2.75, 3.05) is 18.0 Å². The highest BCUT2D eigenvalue weighted by Crippen LogP contribution is 2.38. The molecule has 22 heavy (non-hydrogen) atoms. The SMILES string of the molecule is c1cnnc(N2CCC[C@@H]2CNCc2noc(C3CC3)n2)c1. The second-order valence-electron chi connectivity index (χ2n) is 6.03. The topological polar surface area (TPSA) is 80.0 Å². The van der Waals surface area contributed by atoms with Gasteiger partial charge in [-0.25, -0.2) is 0 Å². The van der Waals surface area contributed by atoms with Crippen molar-refractivity contribution in [2.24, 2.45) is 0 Å². The molecule has 1 saturated heterocycles. The Morgan fingerprint density at radius 2 is 2.27 bits per heavy atom. The lowest BCUT2D eigenvalue weighted by Gasteiger charge is -2.25. The highest BCUT2D eigenvalue weighted by Gasteiger charge is 2.29. The molecule has 2 aromatic heterocycles. The minimum absolute atomic E-state index is 0.450. The van der Waals surface area contributed by atoms with Gasteiger partial charge in [0.1, 0.15) is 0 Å². The summed E-state index contributed by atoms with van der Waals surface area (Å²) in [6.07, 6.45) is 6.44. The first-order chi connectivity index (χ1) is 10.9. The van der Waals surface area contributed by atoms with Gasteiger partial charge in [0, 0.05) is 31.2 Å². The lowest BCUT2D eigenvalue weighted by Crippen LogP contribution is -2.38. The van der Waals surface area contributed by atoms with E-state index in [0.717, 1.165) is 30.6 Å². The number of aromatic nitrogens is 4. The fourth-order valence-corrected chi connectivity index (χ4v) is 2.98. The Morgan fingerprint density at radius 3 is 3.09 bits per heavy atom. The Labute approximate surface area is 129 Å². The van der Waals surface area contributed by atoms with Gasteiger partial charge in [-0.05, 0) is 37.8 Å². The Bertz CT molecular complexity index is 612. The lowest BCUT2D eigenvalue weighted by atomic mass is 10.2. The number of nitrogens with one attached hydrogen (secondary N) is 1. The summed E-state index contributed by atoms with van der Waals surface area (Å²) < 4.78 is 5.27. The van der Waals surface area contributed by atoms with Gasteiger partial charge in [0.2, 0.25) is 5.89 Å². The Hall–Kier alpha value is -2.02. The van der Waals surface area contributed by atoms with Crippen LogP contribution in [0.15, 0.2) is 22.9 Å². The van der Waals surface area contributed by atoms with Crippen LogP contribution in [-0.4, -0.2) is 39.5 Å². The molecule has 116 valence electrons. The summed E-state index contributed by atoms with van der Waals surface area (Å²) in [7, 11) is 0. The van der Waals surface area contributed by atoms with Gasteiger partial charge in [-0.15, -0.1) is 5.10 Å². The molecule has 0 aromatic carbocycles. The van der Waals surface area contributed by atoms with Crippen LogP contribution in [-0.2, 0) is 6.54 Å². The molecule has 0 amide bonds. The van der Waals surface area contributed by atoms with Gasteiger partial charge in [-0.3, -0.25) is 0 Å². The summed E-state index contributed by atoms with van der Waals surface area (Å²) in [6, 6.07) is 4.41. The number of nitrogens with zero attached hydrogens (tertiary/aromatic N) is 5. The van der Waals surface area contributed by atoms with Crippen molar-refractivity contribution < 1.29 is 4.52 Å². The highest BCUT2D eigenvalue weighted by atomic mass is 16.5. The van der Waals surface area contributed by atoms with Gasteiger partial charge in [0.05, 0.1) is 6.54 Å². The Kier molecular flexibility index (Phi) is 3.72. The first kappa shape index (κ1) is 13.6. The molecule has 1 aliphatic heterocycles. The van der Waals surface area contributed by atoms with Crippen LogP contribution in [0.3, 0.4) is 0 Å². The van der Waals surface area contributed by atoms with Crippen LogP contribution in [0.4, 0.5) is 5.82 Å². The zero-order valence-corrected chi connectivity index (χ0v) is 12.5. The molecule has 0 radical (unpaired) electrons. The predicted molar refractivity (Wildman–Crippen MR) is 80.4 cm³/mol. The van der Waals surface area contributed by atoms with Gasteiger partial charge in [0.25, 0.3) is 0 Å². The van der Waals surface area contributed by atoms with E-state index in [-0.39, 0.29) is 0 Å². The molecule has 2 aromatic rings. The summed E-state index contributed by atoms with van der Waals surface area (Å²) >= 11 is 0. The molecule has 1 N–H and O–H groups in total. The average Bonchev–Trinajstić information content (AvgIpc) is 3.12. The summed E-state index contributed by atoms with van der Waals surface area (Å²) in [5.41, 5.74) is 0. The van der Waals surface area contributed by atoms with Crippen molar-refractivity contribution in [1.29, 1.82) is 0 Å². The van der Waals surface area contributed by atoms with Crippen LogP contribution >= 0.6 is 0 Å². The van der Waals surface area contributed by atoms with Crippen molar-refractivity contribution in [3.8, 4) is 0 Å². The summed E-state index contributed by atoms with van der Waals surface area (Å²) in [5.74, 6) is 3.04. The fraction of sp³-hybridized carbons (Fsp3) is 0.600. The first-order valence-electron chi connectivity index (χ1n) is 7.98. The van der Waals surface area contributed by atoms with Gasteiger partial charge in [-0.1, -0.05) is 5.16 Å². The normalized spacial score (nSPS) is 21.5. The van der Waals surface area contributed by atoms with E-state index < -0.39 is 0 Å². The van der Waals surface area contributed by atoms with Crippen LogP contribution < -0.4 is 10.2 Å². The van der Waals surface area contributed by atoms with E-state index in [4.69, 9.17) is 4.52 Å². The third kappa shape index (κ3) is 2.94. The molecule has 1 atom stereocenters.